The van der Waals surface area contributed by atoms with Crippen molar-refractivity contribution in [1.82, 2.24) is 0 Å². The van der Waals surface area contributed by atoms with Crippen molar-refractivity contribution in [2.45, 2.75) is 26.2 Å². The molecule has 1 heterocycles. The van der Waals surface area contributed by atoms with Crippen LogP contribution in [0.15, 0.2) is 41.8 Å². The van der Waals surface area contributed by atoms with E-state index in [-0.39, 0.29) is 0 Å². The predicted octanol–water partition coefficient (Wildman–Crippen LogP) is 4.92. The summed E-state index contributed by atoms with van der Waals surface area (Å²) in [5, 5.41) is 2.12. The van der Waals surface area contributed by atoms with Gasteiger partial charge in [-0.1, -0.05) is 71.3 Å². The fourth-order valence-electron chi connectivity index (χ4n) is 1.22. The molecule has 0 saturated heterocycles. The molecule has 0 saturated carbocycles. The monoisotopic (exact) mass is 238 g/mol. The summed E-state index contributed by atoms with van der Waals surface area (Å²) < 4.78 is 0. The van der Waals surface area contributed by atoms with Crippen LogP contribution in [0.25, 0.3) is 0 Å². The fraction of sp³-hybridized carbons (Fsp3) is 0.385. The Morgan fingerprint density at radius 2 is 2.00 bits per heavy atom. The molecule has 82 valence electrons. The van der Waals surface area contributed by atoms with Crippen molar-refractivity contribution in [3.05, 3.63) is 47.4 Å². The van der Waals surface area contributed by atoms with Gasteiger partial charge in [0.1, 0.15) is 0 Å². The number of hydrogen-bond donors (Lipinski definition) is 0. The quantitative estimate of drug-likeness (QED) is 0.685. The summed E-state index contributed by atoms with van der Waals surface area (Å²) in [5.74, 6) is 1.20. The molecule has 0 spiro atoms. The Labute approximate surface area is 101 Å². The zero-order valence-electron chi connectivity index (χ0n) is 9.19. The van der Waals surface area contributed by atoms with Gasteiger partial charge in [0.15, 0.2) is 0 Å². The van der Waals surface area contributed by atoms with Gasteiger partial charge in [0, 0.05) is 5.75 Å². The first kappa shape index (κ1) is 12.7. The zero-order chi connectivity index (χ0) is 10.8. The molecule has 2 heteroatoms. The van der Waals surface area contributed by atoms with Crippen molar-refractivity contribution in [2.75, 3.05) is 5.75 Å². The van der Waals surface area contributed by atoms with Crippen LogP contribution in [0.5, 0.6) is 0 Å². The lowest BCUT2D eigenvalue weighted by Crippen LogP contribution is -1.81. The molecule has 0 radical (unpaired) electrons. The molecular formula is C13H18S2. The Bertz CT molecular complexity index is 261. The number of unbranched alkanes of at least 4 members (excludes halogenated alkanes) is 1. The molecule has 1 aromatic carbocycles. The maximum absolute atomic E-state index is 2.23. The second-order valence-corrected chi connectivity index (χ2v) is 5.66. The Morgan fingerprint density at radius 1 is 1.20 bits per heavy atom. The van der Waals surface area contributed by atoms with Crippen molar-refractivity contribution < 1.29 is 0 Å². The molecule has 1 aliphatic rings. The van der Waals surface area contributed by atoms with Crippen molar-refractivity contribution in [3.63, 3.8) is 0 Å². The molecule has 0 aliphatic carbocycles. The lowest BCUT2D eigenvalue weighted by atomic mass is 10.1. The van der Waals surface area contributed by atoms with Gasteiger partial charge in [0.25, 0.3) is 0 Å². The summed E-state index contributed by atoms with van der Waals surface area (Å²) in [6.45, 7) is 2.23. The van der Waals surface area contributed by atoms with Crippen LogP contribution in [0.3, 0.4) is 0 Å². The van der Waals surface area contributed by atoms with E-state index in [0.29, 0.717) is 0 Å². The minimum absolute atomic E-state index is 1.20. The van der Waals surface area contributed by atoms with E-state index in [1.54, 1.807) is 0 Å². The van der Waals surface area contributed by atoms with Crippen LogP contribution in [0.1, 0.15) is 25.3 Å². The van der Waals surface area contributed by atoms with Gasteiger partial charge in [-0.2, -0.15) is 0 Å². The van der Waals surface area contributed by atoms with Crippen molar-refractivity contribution in [3.8, 4) is 0 Å². The minimum Gasteiger partial charge on any atom is -0.0854 e. The first-order valence-corrected chi connectivity index (χ1v) is 7.79. The first-order valence-electron chi connectivity index (χ1n) is 5.40. The Balaban J connectivity index is 0.000000187. The molecule has 0 unspecified atom stereocenters. The smallest absolute Gasteiger partial charge is 0.0229 e. The summed E-state index contributed by atoms with van der Waals surface area (Å²) in [5.41, 5.74) is 1.46. The van der Waals surface area contributed by atoms with E-state index < -0.39 is 0 Å². The molecule has 1 aromatic rings. The molecule has 0 amide bonds. The molecule has 2 rings (SSSR count). The molecule has 1 aliphatic heterocycles. The van der Waals surface area contributed by atoms with Gasteiger partial charge < -0.3 is 0 Å². The number of rotatable bonds is 3. The average Bonchev–Trinajstić information content (AvgIpc) is 2.86. The van der Waals surface area contributed by atoms with Gasteiger partial charge in [0.05, 0.1) is 0 Å². The van der Waals surface area contributed by atoms with Crippen LogP contribution < -0.4 is 0 Å². The topological polar surface area (TPSA) is 0 Å². The van der Waals surface area contributed by atoms with Gasteiger partial charge in [-0.15, -0.1) is 0 Å². The number of hydrogen-bond acceptors (Lipinski definition) is 2. The maximum Gasteiger partial charge on any atom is 0.0229 e. The van der Waals surface area contributed by atoms with Crippen LogP contribution in [-0.4, -0.2) is 5.75 Å². The van der Waals surface area contributed by atoms with Crippen molar-refractivity contribution in [1.29, 1.82) is 0 Å². The van der Waals surface area contributed by atoms with Gasteiger partial charge in [-0.25, -0.2) is 0 Å². The number of benzene rings is 1. The van der Waals surface area contributed by atoms with Crippen molar-refractivity contribution in [2.24, 2.45) is 0 Å². The first-order chi connectivity index (χ1) is 7.43. The van der Waals surface area contributed by atoms with Crippen LogP contribution in [0.4, 0.5) is 0 Å². The Kier molecular flexibility index (Phi) is 7.58. The Morgan fingerprint density at radius 3 is 2.47 bits per heavy atom. The summed E-state index contributed by atoms with van der Waals surface area (Å²) in [4.78, 5) is 0. The second-order valence-electron chi connectivity index (χ2n) is 3.34. The molecule has 15 heavy (non-hydrogen) atoms. The summed E-state index contributed by atoms with van der Waals surface area (Å²) in [7, 11) is 3.69. The van der Waals surface area contributed by atoms with E-state index in [9.17, 15) is 0 Å². The summed E-state index contributed by atoms with van der Waals surface area (Å²) >= 11 is 0. The van der Waals surface area contributed by atoms with Gasteiger partial charge in [-0.05, 0) is 23.8 Å². The summed E-state index contributed by atoms with van der Waals surface area (Å²) in [6.07, 6.45) is 5.99. The highest BCUT2D eigenvalue weighted by Gasteiger charge is 1.87. The molecule has 0 atom stereocenters. The average molecular weight is 238 g/mol. The van der Waals surface area contributed by atoms with E-state index in [1.807, 2.05) is 21.6 Å². The van der Waals surface area contributed by atoms with E-state index in [2.05, 4.69) is 48.7 Å². The number of aryl methyl sites for hydroxylation is 1. The lowest BCUT2D eigenvalue weighted by molar-refractivity contribution is 0.795. The highest BCUT2D eigenvalue weighted by Crippen LogP contribution is 2.27. The Hall–Kier alpha value is -0.340. The van der Waals surface area contributed by atoms with Crippen LogP contribution in [0, 0.1) is 0 Å². The van der Waals surface area contributed by atoms with Crippen LogP contribution >= 0.6 is 21.6 Å². The van der Waals surface area contributed by atoms with Crippen LogP contribution in [-0.2, 0) is 6.42 Å². The summed E-state index contributed by atoms with van der Waals surface area (Å²) in [6, 6.07) is 10.6. The third-order valence-corrected chi connectivity index (χ3v) is 3.96. The minimum atomic E-state index is 1.20. The maximum atomic E-state index is 2.23. The van der Waals surface area contributed by atoms with Crippen LogP contribution in [0.2, 0.25) is 0 Å². The molecule has 0 fully saturated rings. The van der Waals surface area contributed by atoms with E-state index >= 15 is 0 Å². The second kappa shape index (κ2) is 8.93. The molecule has 0 N–H and O–H groups in total. The highest BCUT2D eigenvalue weighted by atomic mass is 33.1. The molecule has 0 bridgehead atoms. The van der Waals surface area contributed by atoms with Gasteiger partial charge in [0.2, 0.25) is 0 Å². The largest absolute Gasteiger partial charge is 0.0854 e. The van der Waals surface area contributed by atoms with Gasteiger partial charge >= 0.3 is 0 Å². The fourth-order valence-corrected chi connectivity index (χ4v) is 2.79. The highest BCUT2D eigenvalue weighted by molar-refractivity contribution is 8.78. The SMILES string of the molecule is C1=CSSC1.CCCCc1ccccc1. The lowest BCUT2D eigenvalue weighted by Gasteiger charge is -1.96. The molecule has 0 aromatic heterocycles. The predicted molar refractivity (Wildman–Crippen MR) is 74.2 cm³/mol. The van der Waals surface area contributed by atoms with E-state index in [1.165, 1.54) is 30.6 Å². The van der Waals surface area contributed by atoms with Crippen molar-refractivity contribution >= 4 is 21.6 Å². The zero-order valence-corrected chi connectivity index (χ0v) is 10.8. The van der Waals surface area contributed by atoms with E-state index in [4.69, 9.17) is 0 Å². The third kappa shape index (κ3) is 6.69. The molecule has 0 nitrogen and oxygen atoms in total. The third-order valence-electron chi connectivity index (χ3n) is 2.05. The standard InChI is InChI=1S/C10H14.C3H4S2/c1-2-3-7-10-8-5-4-6-9-10;1-2-4-5-3-1/h4-6,8-9H,2-3,7H2,1H3;1-2H,3H2. The van der Waals surface area contributed by atoms with Gasteiger partial charge in [-0.3, -0.25) is 0 Å². The van der Waals surface area contributed by atoms with E-state index in [0.717, 1.165) is 0 Å². The normalized spacial score (nSPS) is 13.4. The molecular weight excluding hydrogens is 220 g/mol.